The molecule has 0 fully saturated rings. The highest BCUT2D eigenvalue weighted by Crippen LogP contribution is 2.12. The summed E-state index contributed by atoms with van der Waals surface area (Å²) in [6.45, 7) is -0.106. The zero-order chi connectivity index (χ0) is 10.7. The third-order valence-corrected chi connectivity index (χ3v) is 2.01. The van der Waals surface area contributed by atoms with E-state index >= 15 is 0 Å². The standard InChI is InChI=1S/C11H10N2O2/c14-7-8-3-1-4-9(12-8)10-5-2-6-11(15)13-10/h1-6,14H,7H2,(H,13,15). The van der Waals surface area contributed by atoms with Gasteiger partial charge in [0.25, 0.3) is 0 Å². The van der Waals surface area contributed by atoms with E-state index in [-0.39, 0.29) is 12.2 Å². The molecule has 0 aliphatic rings. The monoisotopic (exact) mass is 202 g/mol. The van der Waals surface area contributed by atoms with Crippen LogP contribution in [-0.4, -0.2) is 15.1 Å². The molecule has 0 amide bonds. The molecule has 0 saturated carbocycles. The molecule has 0 unspecified atom stereocenters. The van der Waals surface area contributed by atoms with E-state index in [9.17, 15) is 4.79 Å². The largest absolute Gasteiger partial charge is 0.390 e. The smallest absolute Gasteiger partial charge is 0.248 e. The zero-order valence-electron chi connectivity index (χ0n) is 7.97. The van der Waals surface area contributed by atoms with E-state index in [2.05, 4.69) is 9.97 Å². The van der Waals surface area contributed by atoms with Gasteiger partial charge in [-0.2, -0.15) is 0 Å². The number of rotatable bonds is 2. The fraction of sp³-hybridized carbons (Fsp3) is 0.0909. The second-order valence-corrected chi connectivity index (χ2v) is 3.10. The maximum atomic E-state index is 11.1. The zero-order valence-corrected chi connectivity index (χ0v) is 7.97. The van der Waals surface area contributed by atoms with Crippen LogP contribution in [0.15, 0.2) is 41.2 Å². The van der Waals surface area contributed by atoms with Crippen molar-refractivity contribution in [3.63, 3.8) is 0 Å². The molecule has 2 rings (SSSR count). The first-order valence-corrected chi connectivity index (χ1v) is 4.56. The SMILES string of the molecule is O=c1cccc(-c2cccc(CO)n2)[nH]1. The Kier molecular flexibility index (Phi) is 2.60. The fourth-order valence-electron chi connectivity index (χ4n) is 1.31. The number of aromatic amines is 1. The first kappa shape index (κ1) is 9.61. The van der Waals surface area contributed by atoms with Crippen LogP contribution in [0.4, 0.5) is 0 Å². The highest BCUT2D eigenvalue weighted by Gasteiger charge is 2.00. The van der Waals surface area contributed by atoms with E-state index in [1.807, 2.05) is 0 Å². The average molecular weight is 202 g/mol. The lowest BCUT2D eigenvalue weighted by atomic mass is 10.2. The molecule has 0 aromatic carbocycles. The van der Waals surface area contributed by atoms with Gasteiger partial charge in [-0.15, -0.1) is 0 Å². The molecule has 0 radical (unpaired) electrons. The van der Waals surface area contributed by atoms with Crippen molar-refractivity contribution in [2.75, 3.05) is 0 Å². The normalized spacial score (nSPS) is 10.2. The Morgan fingerprint density at radius 3 is 2.73 bits per heavy atom. The van der Waals surface area contributed by atoms with E-state index in [0.717, 1.165) is 0 Å². The number of nitrogens with one attached hydrogen (secondary N) is 1. The first-order chi connectivity index (χ1) is 7.29. The Labute approximate surface area is 86.2 Å². The van der Waals surface area contributed by atoms with Crippen molar-refractivity contribution in [1.82, 2.24) is 9.97 Å². The molecule has 0 bridgehead atoms. The molecule has 2 aromatic rings. The molecule has 15 heavy (non-hydrogen) atoms. The first-order valence-electron chi connectivity index (χ1n) is 4.56. The summed E-state index contributed by atoms with van der Waals surface area (Å²) in [5.41, 5.74) is 1.72. The quantitative estimate of drug-likeness (QED) is 0.761. The number of nitrogens with zero attached hydrogens (tertiary/aromatic N) is 1. The van der Waals surface area contributed by atoms with Gasteiger partial charge in [0, 0.05) is 6.07 Å². The molecule has 0 atom stereocenters. The maximum absolute atomic E-state index is 11.1. The molecule has 4 heteroatoms. The number of aliphatic hydroxyl groups excluding tert-OH is 1. The molecule has 0 aliphatic heterocycles. The Morgan fingerprint density at radius 2 is 2.00 bits per heavy atom. The Hall–Kier alpha value is -1.94. The molecule has 0 saturated heterocycles. The summed E-state index contributed by atoms with van der Waals surface area (Å²) in [5.74, 6) is 0. The van der Waals surface area contributed by atoms with Crippen LogP contribution in [0.2, 0.25) is 0 Å². The van der Waals surface area contributed by atoms with Crippen molar-refractivity contribution >= 4 is 0 Å². The summed E-state index contributed by atoms with van der Waals surface area (Å²) in [6, 6.07) is 10.2. The molecule has 0 spiro atoms. The summed E-state index contributed by atoms with van der Waals surface area (Å²) >= 11 is 0. The highest BCUT2D eigenvalue weighted by atomic mass is 16.3. The minimum Gasteiger partial charge on any atom is -0.390 e. The molecule has 76 valence electrons. The van der Waals surface area contributed by atoms with Gasteiger partial charge in [-0.05, 0) is 18.2 Å². The molecule has 0 aliphatic carbocycles. The minimum atomic E-state index is -0.163. The van der Waals surface area contributed by atoms with Crippen molar-refractivity contribution in [3.8, 4) is 11.4 Å². The molecule has 2 N–H and O–H groups in total. The number of aromatic nitrogens is 2. The van der Waals surface area contributed by atoms with Gasteiger partial charge in [0.05, 0.1) is 23.7 Å². The number of pyridine rings is 2. The van der Waals surface area contributed by atoms with Crippen molar-refractivity contribution in [2.45, 2.75) is 6.61 Å². The van der Waals surface area contributed by atoms with E-state index < -0.39 is 0 Å². The van der Waals surface area contributed by atoms with E-state index in [0.29, 0.717) is 17.1 Å². The average Bonchev–Trinajstić information content (AvgIpc) is 2.29. The van der Waals surface area contributed by atoms with Crippen molar-refractivity contribution in [2.24, 2.45) is 0 Å². The molecule has 2 heterocycles. The molecule has 4 nitrogen and oxygen atoms in total. The predicted molar refractivity (Wildman–Crippen MR) is 56.2 cm³/mol. The Balaban J connectivity index is 2.49. The van der Waals surface area contributed by atoms with Crippen LogP contribution in [0.25, 0.3) is 11.4 Å². The van der Waals surface area contributed by atoms with Crippen molar-refractivity contribution < 1.29 is 5.11 Å². The van der Waals surface area contributed by atoms with Gasteiger partial charge in [-0.1, -0.05) is 12.1 Å². The Morgan fingerprint density at radius 1 is 1.20 bits per heavy atom. The number of hydrogen-bond acceptors (Lipinski definition) is 3. The molecular formula is C11H10N2O2. The van der Waals surface area contributed by atoms with E-state index in [4.69, 9.17) is 5.11 Å². The fourth-order valence-corrected chi connectivity index (χ4v) is 1.31. The predicted octanol–water partition coefficient (Wildman–Crippen LogP) is 0.929. The van der Waals surface area contributed by atoms with Gasteiger partial charge >= 0.3 is 0 Å². The Bertz CT molecular complexity index is 520. The lowest BCUT2D eigenvalue weighted by Crippen LogP contribution is -2.04. The lowest BCUT2D eigenvalue weighted by molar-refractivity contribution is 0.277. The number of aliphatic hydroxyl groups is 1. The van der Waals surface area contributed by atoms with Crippen molar-refractivity contribution in [3.05, 3.63) is 52.4 Å². The van der Waals surface area contributed by atoms with Crippen molar-refractivity contribution in [1.29, 1.82) is 0 Å². The van der Waals surface area contributed by atoms with E-state index in [1.54, 1.807) is 30.3 Å². The topological polar surface area (TPSA) is 66.0 Å². The third-order valence-electron chi connectivity index (χ3n) is 2.01. The molecular weight excluding hydrogens is 192 g/mol. The maximum Gasteiger partial charge on any atom is 0.248 e. The van der Waals surface area contributed by atoms with Crippen LogP contribution in [0.5, 0.6) is 0 Å². The van der Waals surface area contributed by atoms with E-state index in [1.165, 1.54) is 6.07 Å². The van der Waals surface area contributed by atoms with Gasteiger partial charge < -0.3 is 10.1 Å². The lowest BCUT2D eigenvalue weighted by Gasteiger charge is -2.01. The van der Waals surface area contributed by atoms with Gasteiger partial charge in [-0.3, -0.25) is 4.79 Å². The minimum absolute atomic E-state index is 0.106. The highest BCUT2D eigenvalue weighted by molar-refractivity contribution is 5.53. The second kappa shape index (κ2) is 4.06. The van der Waals surface area contributed by atoms with Crippen LogP contribution < -0.4 is 5.56 Å². The number of H-pyrrole nitrogens is 1. The van der Waals surface area contributed by atoms with Crippen LogP contribution in [0, 0.1) is 0 Å². The van der Waals surface area contributed by atoms with Crippen LogP contribution in [0.3, 0.4) is 0 Å². The summed E-state index contributed by atoms with van der Waals surface area (Å²) in [7, 11) is 0. The van der Waals surface area contributed by atoms with Gasteiger partial charge in [0.2, 0.25) is 5.56 Å². The summed E-state index contributed by atoms with van der Waals surface area (Å²) in [6.07, 6.45) is 0. The van der Waals surface area contributed by atoms with Crippen LogP contribution in [0.1, 0.15) is 5.69 Å². The van der Waals surface area contributed by atoms with Crippen LogP contribution >= 0.6 is 0 Å². The van der Waals surface area contributed by atoms with Gasteiger partial charge in [-0.25, -0.2) is 4.98 Å². The summed E-state index contributed by atoms with van der Waals surface area (Å²) < 4.78 is 0. The van der Waals surface area contributed by atoms with Gasteiger partial charge in [0.15, 0.2) is 0 Å². The second-order valence-electron chi connectivity index (χ2n) is 3.10. The third kappa shape index (κ3) is 2.11. The summed E-state index contributed by atoms with van der Waals surface area (Å²) in [5, 5.41) is 8.93. The van der Waals surface area contributed by atoms with Crippen LogP contribution in [-0.2, 0) is 6.61 Å². The number of hydrogen-bond donors (Lipinski definition) is 2. The summed E-state index contributed by atoms with van der Waals surface area (Å²) in [4.78, 5) is 17.9. The van der Waals surface area contributed by atoms with Gasteiger partial charge in [0.1, 0.15) is 0 Å². The molecule has 2 aromatic heterocycles.